The van der Waals surface area contributed by atoms with E-state index in [1.165, 1.54) is 11.8 Å². The first-order chi connectivity index (χ1) is 14.0. The van der Waals surface area contributed by atoms with Crippen molar-refractivity contribution in [1.29, 1.82) is 0 Å². The molecule has 0 amide bonds. The van der Waals surface area contributed by atoms with Crippen LogP contribution in [-0.2, 0) is 11.3 Å². The van der Waals surface area contributed by atoms with Gasteiger partial charge in [-0.3, -0.25) is 4.79 Å². The minimum absolute atomic E-state index is 0.0490. The van der Waals surface area contributed by atoms with Gasteiger partial charge in [-0.25, -0.2) is 0 Å². The monoisotopic (exact) mass is 431 g/mol. The number of aryl methyl sites for hydroxylation is 1. The average Bonchev–Trinajstić information content (AvgIpc) is 3.45. The Morgan fingerprint density at radius 3 is 2.79 bits per heavy atom. The summed E-state index contributed by atoms with van der Waals surface area (Å²) in [6, 6.07) is 9.13. The third-order valence-corrected chi connectivity index (χ3v) is 6.18. The molecule has 1 aliphatic heterocycles. The van der Waals surface area contributed by atoms with Crippen molar-refractivity contribution in [2.24, 2.45) is 0 Å². The van der Waals surface area contributed by atoms with E-state index in [0.717, 1.165) is 48.5 Å². The molecule has 152 valence electrons. The molecule has 1 aromatic carbocycles. The number of Topliss-reactive ketones (excluding diaryl/α,β-unsaturated/α-hetero) is 1. The molecule has 3 aromatic rings. The van der Waals surface area contributed by atoms with E-state index in [9.17, 15) is 4.79 Å². The lowest BCUT2D eigenvalue weighted by Gasteiger charge is -2.14. The van der Waals surface area contributed by atoms with Crippen molar-refractivity contribution in [2.75, 3.05) is 12.4 Å². The van der Waals surface area contributed by atoms with E-state index >= 15 is 0 Å². The summed E-state index contributed by atoms with van der Waals surface area (Å²) in [5.74, 6) is 0.700. The lowest BCUT2D eigenvalue weighted by atomic mass is 10.2. The van der Waals surface area contributed by atoms with Crippen LogP contribution in [0, 0.1) is 13.8 Å². The van der Waals surface area contributed by atoms with Crippen LogP contribution in [-0.4, -0.2) is 39.0 Å². The Balaban J connectivity index is 1.40. The Kier molecular flexibility index (Phi) is 6.08. The molecular weight excluding hydrogens is 410 g/mol. The van der Waals surface area contributed by atoms with Crippen LogP contribution in [0.1, 0.15) is 34.6 Å². The molecule has 29 heavy (non-hydrogen) atoms. The summed E-state index contributed by atoms with van der Waals surface area (Å²) in [5.41, 5.74) is 3.59. The van der Waals surface area contributed by atoms with Crippen molar-refractivity contribution in [2.45, 2.75) is 44.6 Å². The van der Waals surface area contributed by atoms with E-state index in [2.05, 4.69) is 14.8 Å². The van der Waals surface area contributed by atoms with Crippen LogP contribution in [0.3, 0.4) is 0 Å². The van der Waals surface area contributed by atoms with Crippen LogP contribution in [0.15, 0.2) is 40.0 Å². The van der Waals surface area contributed by atoms with Gasteiger partial charge in [0.15, 0.2) is 5.78 Å². The Labute approximate surface area is 178 Å². The van der Waals surface area contributed by atoms with Crippen molar-refractivity contribution in [1.82, 2.24) is 14.8 Å². The number of hydrogen-bond donors (Lipinski definition) is 0. The predicted molar refractivity (Wildman–Crippen MR) is 113 cm³/mol. The Bertz CT molecular complexity index is 1010. The normalized spacial score (nSPS) is 16.4. The van der Waals surface area contributed by atoms with Crippen LogP contribution < -0.4 is 0 Å². The number of benzene rings is 1. The van der Waals surface area contributed by atoms with E-state index in [4.69, 9.17) is 20.8 Å². The van der Waals surface area contributed by atoms with E-state index < -0.39 is 0 Å². The fourth-order valence-electron chi connectivity index (χ4n) is 3.54. The second-order valence-electron chi connectivity index (χ2n) is 7.12. The maximum absolute atomic E-state index is 12.8. The smallest absolute Gasteiger partial charge is 0.277 e. The maximum Gasteiger partial charge on any atom is 0.277 e. The van der Waals surface area contributed by atoms with Crippen LogP contribution in [0.2, 0.25) is 5.02 Å². The molecule has 0 aliphatic carbocycles. The highest BCUT2D eigenvalue weighted by atomic mass is 35.5. The number of thioether (sulfide) groups is 1. The molecule has 1 atom stereocenters. The highest BCUT2D eigenvalue weighted by molar-refractivity contribution is 7.99. The number of halogens is 1. The maximum atomic E-state index is 12.8. The van der Waals surface area contributed by atoms with E-state index in [-0.39, 0.29) is 17.6 Å². The standard InChI is InChI=1S/C21H22ClN3O3S/c1-13-10-18(14(2)25(13)11-17-4-3-9-27-17)19(26)12-29-21-24-23-20(28-21)15-5-7-16(22)8-6-15/h5-8,10,17H,3-4,9,11-12H2,1-2H3. The molecule has 2 aromatic heterocycles. The minimum Gasteiger partial charge on any atom is -0.411 e. The van der Waals surface area contributed by atoms with Crippen LogP contribution in [0.4, 0.5) is 0 Å². The number of ketones is 1. The van der Waals surface area contributed by atoms with Gasteiger partial charge < -0.3 is 13.7 Å². The largest absolute Gasteiger partial charge is 0.411 e. The van der Waals surface area contributed by atoms with E-state index in [1.807, 2.05) is 32.0 Å². The van der Waals surface area contributed by atoms with Crippen molar-refractivity contribution < 1.29 is 13.9 Å². The van der Waals surface area contributed by atoms with Gasteiger partial charge >= 0.3 is 0 Å². The molecule has 1 saturated heterocycles. The number of hydrogen-bond acceptors (Lipinski definition) is 6. The molecule has 0 bridgehead atoms. The molecule has 4 rings (SSSR count). The van der Waals surface area contributed by atoms with Crippen LogP contribution >= 0.6 is 23.4 Å². The zero-order chi connectivity index (χ0) is 20.4. The molecule has 1 aliphatic rings. The first-order valence-electron chi connectivity index (χ1n) is 9.55. The predicted octanol–water partition coefficient (Wildman–Crippen LogP) is 4.96. The van der Waals surface area contributed by atoms with Gasteiger partial charge in [0.1, 0.15) is 0 Å². The fraction of sp³-hybridized carbons (Fsp3) is 0.381. The second kappa shape index (κ2) is 8.73. The first-order valence-corrected chi connectivity index (χ1v) is 10.9. The number of carbonyl (C=O) groups excluding carboxylic acids is 1. The molecule has 0 radical (unpaired) electrons. The zero-order valence-electron chi connectivity index (χ0n) is 16.4. The SMILES string of the molecule is Cc1cc(C(=O)CSc2nnc(-c3ccc(Cl)cc3)o2)c(C)n1CC1CCCO1. The number of ether oxygens (including phenoxy) is 1. The number of rotatable bonds is 7. The first kappa shape index (κ1) is 20.2. The molecule has 6 nitrogen and oxygen atoms in total. The molecule has 3 heterocycles. The van der Waals surface area contributed by atoms with Crippen molar-refractivity contribution in [3.8, 4) is 11.5 Å². The summed E-state index contributed by atoms with van der Waals surface area (Å²) in [7, 11) is 0. The Hall–Kier alpha value is -2.09. The highest BCUT2D eigenvalue weighted by Gasteiger charge is 2.21. The van der Waals surface area contributed by atoms with Crippen molar-refractivity contribution in [3.63, 3.8) is 0 Å². The zero-order valence-corrected chi connectivity index (χ0v) is 17.9. The quantitative estimate of drug-likeness (QED) is 0.389. The lowest BCUT2D eigenvalue weighted by Crippen LogP contribution is -2.17. The van der Waals surface area contributed by atoms with Crippen LogP contribution in [0.5, 0.6) is 0 Å². The average molecular weight is 432 g/mol. The summed E-state index contributed by atoms with van der Waals surface area (Å²) in [6.45, 7) is 5.65. The van der Waals surface area contributed by atoms with Gasteiger partial charge in [0, 0.05) is 40.7 Å². The van der Waals surface area contributed by atoms with Gasteiger partial charge in [0.2, 0.25) is 5.89 Å². The Morgan fingerprint density at radius 1 is 1.28 bits per heavy atom. The molecule has 1 fully saturated rings. The van der Waals surface area contributed by atoms with Gasteiger partial charge in [-0.15, -0.1) is 10.2 Å². The summed E-state index contributed by atoms with van der Waals surface area (Å²) in [6.07, 6.45) is 2.42. The van der Waals surface area contributed by atoms with Gasteiger partial charge in [0.05, 0.1) is 11.9 Å². The van der Waals surface area contributed by atoms with Crippen molar-refractivity contribution >= 4 is 29.1 Å². The van der Waals surface area contributed by atoms with Gasteiger partial charge in [-0.05, 0) is 57.0 Å². The number of nitrogens with zero attached hydrogens (tertiary/aromatic N) is 3. The number of carbonyl (C=O) groups is 1. The molecule has 1 unspecified atom stereocenters. The van der Waals surface area contributed by atoms with Gasteiger partial charge in [-0.2, -0.15) is 0 Å². The lowest BCUT2D eigenvalue weighted by molar-refractivity contribution is 0.0957. The van der Waals surface area contributed by atoms with Crippen molar-refractivity contribution in [3.05, 3.63) is 52.3 Å². The summed E-state index contributed by atoms with van der Waals surface area (Å²) >= 11 is 7.15. The molecule has 0 saturated carbocycles. The highest BCUT2D eigenvalue weighted by Crippen LogP contribution is 2.26. The second-order valence-corrected chi connectivity index (χ2v) is 8.49. The third kappa shape index (κ3) is 4.57. The topological polar surface area (TPSA) is 70.2 Å². The van der Waals surface area contributed by atoms with Gasteiger partial charge in [0.25, 0.3) is 5.22 Å². The minimum atomic E-state index is 0.0490. The van der Waals surface area contributed by atoms with Crippen LogP contribution in [0.25, 0.3) is 11.5 Å². The molecule has 0 N–H and O–H groups in total. The van der Waals surface area contributed by atoms with E-state index in [0.29, 0.717) is 16.1 Å². The molecule has 8 heteroatoms. The summed E-state index contributed by atoms with van der Waals surface area (Å²) < 4.78 is 13.6. The van der Waals surface area contributed by atoms with E-state index in [1.54, 1.807) is 12.1 Å². The molecular formula is C21H22ClN3O3S. The number of aromatic nitrogens is 3. The Morgan fingerprint density at radius 2 is 2.07 bits per heavy atom. The summed E-state index contributed by atoms with van der Waals surface area (Å²) in [4.78, 5) is 12.8. The fourth-order valence-corrected chi connectivity index (χ4v) is 4.31. The molecule has 0 spiro atoms. The van der Waals surface area contributed by atoms with Gasteiger partial charge in [-0.1, -0.05) is 23.4 Å². The summed E-state index contributed by atoms with van der Waals surface area (Å²) in [5, 5.41) is 9.10. The third-order valence-electron chi connectivity index (χ3n) is 5.11.